The number of carbonyl (C=O) groups is 1. The fourth-order valence-corrected chi connectivity index (χ4v) is 4.26. The van der Waals surface area contributed by atoms with Gasteiger partial charge in [-0.3, -0.25) is 4.68 Å². The van der Waals surface area contributed by atoms with Gasteiger partial charge < -0.3 is 14.4 Å². The van der Waals surface area contributed by atoms with E-state index in [0.29, 0.717) is 11.7 Å². The number of hydrogen-bond acceptors (Lipinski definition) is 6. The van der Waals surface area contributed by atoms with Gasteiger partial charge in [-0.2, -0.15) is 5.10 Å². The highest BCUT2D eigenvalue weighted by Crippen LogP contribution is 2.28. The number of hydrogen-bond donors (Lipinski definition) is 0. The molecule has 0 spiro atoms. The van der Waals surface area contributed by atoms with Crippen LogP contribution < -0.4 is 4.74 Å². The maximum absolute atomic E-state index is 12.4. The molecule has 2 aliphatic carbocycles. The molecule has 2 aliphatic rings. The minimum absolute atomic E-state index is 0.127. The number of aromatic nitrogens is 4. The van der Waals surface area contributed by atoms with Crippen LogP contribution >= 0.6 is 0 Å². The van der Waals surface area contributed by atoms with Crippen molar-refractivity contribution in [2.75, 3.05) is 13.6 Å². The summed E-state index contributed by atoms with van der Waals surface area (Å²) in [6.07, 6.45) is 13.0. The zero-order valence-corrected chi connectivity index (χ0v) is 18.8. The van der Waals surface area contributed by atoms with Crippen LogP contribution in [0.3, 0.4) is 0 Å². The third-order valence-corrected chi connectivity index (χ3v) is 6.48. The zero-order valence-electron chi connectivity index (χ0n) is 18.8. The standard InChI is InChI=1S/C23H33N5O3/c1-16-21(31-18-10-5-4-6-11-18)13-24-22(26-16)19-12-25-28(3)20(19)15-30-23(29)27(2)14-17-8-7-9-17/h12-13,17-18H,4-11,14-15H2,1-3H3. The Kier molecular flexibility index (Phi) is 6.73. The second kappa shape index (κ2) is 9.66. The third-order valence-electron chi connectivity index (χ3n) is 6.48. The second-order valence-electron chi connectivity index (χ2n) is 8.88. The van der Waals surface area contributed by atoms with Crippen molar-refractivity contribution in [2.45, 2.75) is 71.0 Å². The maximum atomic E-state index is 12.4. The van der Waals surface area contributed by atoms with Gasteiger partial charge in [0.25, 0.3) is 0 Å². The summed E-state index contributed by atoms with van der Waals surface area (Å²) < 4.78 is 13.4. The van der Waals surface area contributed by atoms with Crippen LogP contribution in [0.4, 0.5) is 4.79 Å². The molecule has 0 saturated heterocycles. The van der Waals surface area contributed by atoms with E-state index in [0.717, 1.165) is 42.1 Å². The summed E-state index contributed by atoms with van der Waals surface area (Å²) in [5.41, 5.74) is 2.35. The Morgan fingerprint density at radius 2 is 1.94 bits per heavy atom. The summed E-state index contributed by atoms with van der Waals surface area (Å²) in [6, 6.07) is 0. The normalized spacial score (nSPS) is 17.3. The molecule has 31 heavy (non-hydrogen) atoms. The van der Waals surface area contributed by atoms with Crippen molar-refractivity contribution in [3.8, 4) is 17.1 Å². The third kappa shape index (κ3) is 5.17. The van der Waals surface area contributed by atoms with Crippen molar-refractivity contribution in [1.29, 1.82) is 0 Å². The first-order chi connectivity index (χ1) is 15.0. The summed E-state index contributed by atoms with van der Waals surface area (Å²) in [5.74, 6) is 1.91. The topological polar surface area (TPSA) is 82.4 Å². The van der Waals surface area contributed by atoms with Gasteiger partial charge in [0.1, 0.15) is 6.61 Å². The van der Waals surface area contributed by atoms with Crippen LogP contribution in [0, 0.1) is 12.8 Å². The van der Waals surface area contributed by atoms with E-state index in [9.17, 15) is 4.79 Å². The molecule has 2 aromatic rings. The lowest BCUT2D eigenvalue weighted by Gasteiger charge is -2.29. The lowest BCUT2D eigenvalue weighted by molar-refractivity contribution is 0.0913. The highest BCUT2D eigenvalue weighted by atomic mass is 16.6. The Morgan fingerprint density at radius 3 is 2.61 bits per heavy atom. The van der Waals surface area contributed by atoms with E-state index in [-0.39, 0.29) is 18.8 Å². The molecule has 0 bridgehead atoms. The highest BCUT2D eigenvalue weighted by Gasteiger charge is 2.23. The van der Waals surface area contributed by atoms with Crippen LogP contribution in [-0.4, -0.2) is 50.4 Å². The first-order valence-electron chi connectivity index (χ1n) is 11.4. The molecule has 4 rings (SSSR count). The SMILES string of the molecule is Cc1nc(-c2cnn(C)c2COC(=O)N(C)CC2CCC2)ncc1OC1CCCCC1. The zero-order chi connectivity index (χ0) is 21.8. The van der Waals surface area contributed by atoms with Crippen molar-refractivity contribution in [3.63, 3.8) is 0 Å². The molecular weight excluding hydrogens is 394 g/mol. The molecule has 0 aliphatic heterocycles. The van der Waals surface area contributed by atoms with Gasteiger partial charge in [-0.15, -0.1) is 0 Å². The lowest BCUT2D eigenvalue weighted by Crippen LogP contribution is -2.34. The second-order valence-corrected chi connectivity index (χ2v) is 8.88. The van der Waals surface area contributed by atoms with Gasteiger partial charge in [0.15, 0.2) is 11.6 Å². The summed E-state index contributed by atoms with van der Waals surface area (Å²) in [7, 11) is 3.63. The van der Waals surface area contributed by atoms with Gasteiger partial charge in [0.2, 0.25) is 0 Å². The van der Waals surface area contributed by atoms with Crippen LogP contribution in [0.5, 0.6) is 5.75 Å². The minimum Gasteiger partial charge on any atom is -0.487 e. The van der Waals surface area contributed by atoms with Crippen molar-refractivity contribution in [3.05, 3.63) is 23.8 Å². The number of rotatable bonds is 7. The quantitative estimate of drug-likeness (QED) is 0.656. The van der Waals surface area contributed by atoms with E-state index in [1.165, 1.54) is 38.5 Å². The Labute approximate surface area is 184 Å². The van der Waals surface area contributed by atoms with Crippen LogP contribution in [0.1, 0.15) is 62.8 Å². The molecule has 8 heteroatoms. The number of nitrogens with zero attached hydrogens (tertiary/aromatic N) is 5. The average Bonchev–Trinajstić information content (AvgIpc) is 3.11. The average molecular weight is 428 g/mol. The van der Waals surface area contributed by atoms with E-state index in [1.54, 1.807) is 29.0 Å². The molecule has 168 valence electrons. The van der Waals surface area contributed by atoms with E-state index < -0.39 is 0 Å². The van der Waals surface area contributed by atoms with E-state index in [2.05, 4.69) is 15.1 Å². The van der Waals surface area contributed by atoms with Gasteiger partial charge in [-0.05, 0) is 51.4 Å². The Bertz CT molecular complexity index is 903. The first kappa shape index (κ1) is 21.6. The fourth-order valence-electron chi connectivity index (χ4n) is 4.26. The van der Waals surface area contributed by atoms with Crippen LogP contribution in [0.15, 0.2) is 12.4 Å². The predicted octanol–water partition coefficient (Wildman–Crippen LogP) is 4.27. The smallest absolute Gasteiger partial charge is 0.409 e. The lowest BCUT2D eigenvalue weighted by atomic mass is 9.85. The van der Waals surface area contributed by atoms with Gasteiger partial charge in [0.05, 0.1) is 35.4 Å². The molecular formula is C23H33N5O3. The first-order valence-corrected chi connectivity index (χ1v) is 11.4. The predicted molar refractivity (Wildman–Crippen MR) is 117 cm³/mol. The van der Waals surface area contributed by atoms with Gasteiger partial charge in [0, 0.05) is 20.6 Å². The summed E-state index contributed by atoms with van der Waals surface area (Å²) in [6.45, 7) is 2.82. The number of amides is 1. The summed E-state index contributed by atoms with van der Waals surface area (Å²) >= 11 is 0. The molecule has 0 aromatic carbocycles. The molecule has 2 saturated carbocycles. The summed E-state index contributed by atoms with van der Waals surface area (Å²) in [4.78, 5) is 23.2. The molecule has 2 heterocycles. The monoisotopic (exact) mass is 427 g/mol. The van der Waals surface area contributed by atoms with E-state index in [4.69, 9.17) is 9.47 Å². The summed E-state index contributed by atoms with van der Waals surface area (Å²) in [5, 5.41) is 4.33. The van der Waals surface area contributed by atoms with Crippen molar-refractivity contribution >= 4 is 6.09 Å². The Balaban J connectivity index is 1.41. The Hall–Kier alpha value is -2.64. The number of aryl methyl sites for hydroxylation is 2. The number of carbonyl (C=O) groups excluding carboxylic acids is 1. The van der Waals surface area contributed by atoms with Crippen molar-refractivity contribution < 1.29 is 14.3 Å². The van der Waals surface area contributed by atoms with Crippen LogP contribution in [-0.2, 0) is 18.4 Å². The van der Waals surface area contributed by atoms with Gasteiger partial charge >= 0.3 is 6.09 Å². The highest BCUT2D eigenvalue weighted by molar-refractivity contribution is 5.67. The molecule has 2 aromatic heterocycles. The maximum Gasteiger partial charge on any atom is 0.409 e. The molecule has 2 fully saturated rings. The minimum atomic E-state index is -0.313. The largest absolute Gasteiger partial charge is 0.487 e. The molecule has 1 amide bonds. The van der Waals surface area contributed by atoms with Crippen molar-refractivity contribution in [2.24, 2.45) is 13.0 Å². The number of ether oxygens (including phenoxy) is 2. The van der Waals surface area contributed by atoms with Crippen LogP contribution in [0.2, 0.25) is 0 Å². The van der Waals surface area contributed by atoms with E-state index >= 15 is 0 Å². The Morgan fingerprint density at radius 1 is 1.16 bits per heavy atom. The van der Waals surface area contributed by atoms with Gasteiger partial charge in [-0.25, -0.2) is 14.8 Å². The van der Waals surface area contributed by atoms with Crippen molar-refractivity contribution in [1.82, 2.24) is 24.6 Å². The molecule has 0 N–H and O–H groups in total. The van der Waals surface area contributed by atoms with E-state index in [1.807, 2.05) is 14.0 Å². The van der Waals surface area contributed by atoms with Crippen LogP contribution in [0.25, 0.3) is 11.4 Å². The fraction of sp³-hybridized carbons (Fsp3) is 0.652. The molecule has 0 atom stereocenters. The van der Waals surface area contributed by atoms with Gasteiger partial charge in [-0.1, -0.05) is 12.8 Å². The molecule has 0 radical (unpaired) electrons. The molecule has 0 unspecified atom stereocenters. The molecule has 8 nitrogen and oxygen atoms in total.